The summed E-state index contributed by atoms with van der Waals surface area (Å²) in [5.74, 6) is 0.325. The van der Waals surface area contributed by atoms with E-state index >= 15 is 0 Å². The van der Waals surface area contributed by atoms with E-state index in [1.807, 2.05) is 0 Å². The highest BCUT2D eigenvalue weighted by molar-refractivity contribution is 7.88. The van der Waals surface area contributed by atoms with Crippen LogP contribution in [0.4, 0.5) is 0 Å². The van der Waals surface area contributed by atoms with Crippen LogP contribution in [-0.4, -0.2) is 19.9 Å². The van der Waals surface area contributed by atoms with Crippen molar-refractivity contribution in [2.24, 2.45) is 11.1 Å². The van der Waals surface area contributed by atoms with Gasteiger partial charge in [0.05, 0.1) is 5.69 Å². The Balaban J connectivity index is 2.85. The molecule has 0 aromatic carbocycles. The normalized spacial score (nSPS) is 12.3. The van der Waals surface area contributed by atoms with Crippen molar-refractivity contribution >= 4 is 21.4 Å². The number of sulfonamides is 1. The minimum absolute atomic E-state index is 0.170. The molecule has 0 radical (unpaired) electrons. The van der Waals surface area contributed by atoms with Crippen LogP contribution in [0.25, 0.3) is 0 Å². The minimum Gasteiger partial charge on any atom is -0.312 e. The van der Waals surface area contributed by atoms with Crippen LogP contribution in [0.15, 0.2) is 0 Å². The van der Waals surface area contributed by atoms with E-state index in [9.17, 15) is 8.42 Å². The smallest absolute Gasteiger partial charge is 0.215 e. The molecule has 5 nitrogen and oxygen atoms in total. The average Bonchev–Trinajstić information content (AvgIpc) is 2.57. The number of nitrogens with one attached hydrogen (secondary N) is 1. The zero-order valence-electron chi connectivity index (χ0n) is 11.8. The zero-order chi connectivity index (χ0) is 14.5. The Morgan fingerprint density at radius 2 is 2.11 bits per heavy atom. The van der Waals surface area contributed by atoms with Crippen LogP contribution in [0, 0.1) is 5.92 Å². The Labute approximate surface area is 119 Å². The number of nitrogens with zero attached hydrogens (tertiary/aromatic N) is 1. The topological polar surface area (TPSA) is 85.1 Å². The summed E-state index contributed by atoms with van der Waals surface area (Å²) in [4.78, 5) is 5.56. The maximum absolute atomic E-state index is 11.1. The third kappa shape index (κ3) is 6.47. The summed E-state index contributed by atoms with van der Waals surface area (Å²) in [5, 5.41) is 8.99. The molecule has 0 saturated heterocycles. The van der Waals surface area contributed by atoms with Gasteiger partial charge in [-0.3, -0.25) is 0 Å². The Kier molecular flexibility index (Phi) is 6.38. The molecule has 0 fully saturated rings. The summed E-state index contributed by atoms with van der Waals surface area (Å²) < 4.78 is 22.3. The predicted molar refractivity (Wildman–Crippen MR) is 79.5 cm³/mol. The monoisotopic (exact) mass is 305 g/mol. The maximum Gasteiger partial charge on any atom is 0.215 e. The van der Waals surface area contributed by atoms with Crippen LogP contribution in [-0.2, 0) is 28.7 Å². The number of primary sulfonamides is 1. The molecule has 0 aliphatic rings. The van der Waals surface area contributed by atoms with Gasteiger partial charge in [-0.05, 0) is 25.3 Å². The lowest BCUT2D eigenvalue weighted by Crippen LogP contribution is -2.14. The van der Waals surface area contributed by atoms with Crippen LogP contribution in [0.5, 0.6) is 0 Å². The lowest BCUT2D eigenvalue weighted by atomic mass is 10.1. The standard InChI is InChI=1S/C12H23N3O2S2/c1-4-5-14-7-11-10(6-9(2)3)15-12(18-11)8-19(13,16)17/h9,14H,4-8H2,1-3H3,(H2,13,16,17). The molecule has 1 aromatic heterocycles. The molecule has 110 valence electrons. The van der Waals surface area contributed by atoms with Crippen LogP contribution in [0.3, 0.4) is 0 Å². The Hall–Kier alpha value is -0.500. The van der Waals surface area contributed by atoms with Crippen molar-refractivity contribution in [2.45, 2.75) is 45.9 Å². The first-order valence-electron chi connectivity index (χ1n) is 6.50. The van der Waals surface area contributed by atoms with Gasteiger partial charge in [-0.2, -0.15) is 0 Å². The van der Waals surface area contributed by atoms with Gasteiger partial charge >= 0.3 is 0 Å². The van der Waals surface area contributed by atoms with E-state index in [0.717, 1.165) is 36.5 Å². The molecule has 1 rings (SSSR count). The molecule has 0 spiro atoms. The van der Waals surface area contributed by atoms with Gasteiger partial charge in [-0.15, -0.1) is 11.3 Å². The fraction of sp³-hybridized carbons (Fsp3) is 0.750. The van der Waals surface area contributed by atoms with Crippen molar-refractivity contribution in [1.29, 1.82) is 0 Å². The van der Waals surface area contributed by atoms with E-state index in [1.54, 1.807) is 0 Å². The van der Waals surface area contributed by atoms with E-state index in [2.05, 4.69) is 31.1 Å². The summed E-state index contributed by atoms with van der Waals surface area (Å²) in [7, 11) is -3.51. The van der Waals surface area contributed by atoms with Gasteiger partial charge in [0.2, 0.25) is 10.0 Å². The Morgan fingerprint density at radius 1 is 1.42 bits per heavy atom. The molecule has 0 aliphatic carbocycles. The highest BCUT2D eigenvalue weighted by Gasteiger charge is 2.15. The zero-order valence-corrected chi connectivity index (χ0v) is 13.4. The molecular formula is C12H23N3O2S2. The second-order valence-corrected chi connectivity index (χ2v) is 7.84. The summed E-state index contributed by atoms with van der Waals surface area (Å²) in [6.45, 7) is 8.06. The SMILES string of the molecule is CCCNCc1sc(CS(N)(=O)=O)nc1CC(C)C. The van der Waals surface area contributed by atoms with Crippen molar-refractivity contribution < 1.29 is 8.42 Å². The van der Waals surface area contributed by atoms with Crippen LogP contribution >= 0.6 is 11.3 Å². The van der Waals surface area contributed by atoms with E-state index in [1.165, 1.54) is 11.3 Å². The molecule has 0 atom stereocenters. The van der Waals surface area contributed by atoms with Gasteiger partial charge in [0.15, 0.2) is 0 Å². The van der Waals surface area contributed by atoms with E-state index in [-0.39, 0.29) is 5.75 Å². The number of thiazole rings is 1. The lowest BCUT2D eigenvalue weighted by molar-refractivity contribution is 0.596. The third-order valence-electron chi connectivity index (χ3n) is 2.46. The van der Waals surface area contributed by atoms with Gasteiger partial charge in [-0.1, -0.05) is 20.8 Å². The molecule has 0 amide bonds. The fourth-order valence-corrected chi connectivity index (χ4v) is 3.73. The van der Waals surface area contributed by atoms with Gasteiger partial charge in [0.25, 0.3) is 0 Å². The second-order valence-electron chi connectivity index (χ2n) is 5.06. The number of aromatic nitrogens is 1. The molecule has 1 aromatic rings. The van der Waals surface area contributed by atoms with Crippen LogP contribution in [0.1, 0.15) is 42.8 Å². The lowest BCUT2D eigenvalue weighted by Gasteiger charge is -2.05. The predicted octanol–water partition coefficient (Wildman–Crippen LogP) is 1.63. The molecule has 0 unspecified atom stereocenters. The first-order valence-corrected chi connectivity index (χ1v) is 9.03. The number of rotatable bonds is 8. The number of hydrogen-bond donors (Lipinski definition) is 2. The second kappa shape index (κ2) is 7.33. The van der Waals surface area contributed by atoms with Crippen LogP contribution < -0.4 is 10.5 Å². The summed E-state index contributed by atoms with van der Waals surface area (Å²) in [6.07, 6.45) is 1.94. The molecule has 0 bridgehead atoms. The van der Waals surface area contributed by atoms with Crippen molar-refractivity contribution in [3.8, 4) is 0 Å². The van der Waals surface area contributed by atoms with Crippen molar-refractivity contribution in [1.82, 2.24) is 10.3 Å². The summed E-state index contributed by atoms with van der Waals surface area (Å²) >= 11 is 1.45. The molecule has 3 N–H and O–H groups in total. The quantitative estimate of drug-likeness (QED) is 0.715. The van der Waals surface area contributed by atoms with E-state index < -0.39 is 10.0 Å². The maximum atomic E-state index is 11.1. The summed E-state index contributed by atoms with van der Waals surface area (Å²) in [6, 6.07) is 0. The molecule has 1 heterocycles. The number of hydrogen-bond acceptors (Lipinski definition) is 5. The third-order valence-corrected chi connectivity index (χ3v) is 4.42. The highest BCUT2D eigenvalue weighted by atomic mass is 32.2. The highest BCUT2D eigenvalue weighted by Crippen LogP contribution is 2.22. The van der Waals surface area contributed by atoms with Crippen molar-refractivity contribution in [3.63, 3.8) is 0 Å². The average molecular weight is 305 g/mol. The fourth-order valence-electron chi connectivity index (χ4n) is 1.73. The number of nitrogens with two attached hydrogens (primary N) is 1. The van der Waals surface area contributed by atoms with Crippen LogP contribution in [0.2, 0.25) is 0 Å². The Morgan fingerprint density at radius 3 is 2.63 bits per heavy atom. The van der Waals surface area contributed by atoms with Gasteiger partial charge < -0.3 is 5.32 Å². The molecule has 7 heteroatoms. The van der Waals surface area contributed by atoms with Crippen molar-refractivity contribution in [3.05, 3.63) is 15.6 Å². The first kappa shape index (κ1) is 16.6. The molecule has 19 heavy (non-hydrogen) atoms. The summed E-state index contributed by atoms with van der Waals surface area (Å²) in [5.41, 5.74) is 1.00. The van der Waals surface area contributed by atoms with E-state index in [4.69, 9.17) is 5.14 Å². The Bertz CT molecular complexity index is 495. The first-order chi connectivity index (χ1) is 8.81. The van der Waals surface area contributed by atoms with Crippen molar-refractivity contribution in [2.75, 3.05) is 6.54 Å². The van der Waals surface area contributed by atoms with E-state index in [0.29, 0.717) is 10.9 Å². The molecule has 0 saturated carbocycles. The van der Waals surface area contributed by atoms with Gasteiger partial charge in [0, 0.05) is 11.4 Å². The minimum atomic E-state index is -3.51. The molecular weight excluding hydrogens is 282 g/mol. The van der Waals surface area contributed by atoms with Gasteiger partial charge in [-0.25, -0.2) is 18.5 Å². The largest absolute Gasteiger partial charge is 0.312 e. The van der Waals surface area contributed by atoms with Gasteiger partial charge in [0.1, 0.15) is 10.8 Å². The molecule has 0 aliphatic heterocycles.